The minimum Gasteiger partial charge on any atom is -0.254 e. The van der Waals surface area contributed by atoms with Crippen LogP contribution in [0.15, 0.2) is 30.7 Å². The molecule has 3 aromatic heterocycles. The van der Waals surface area contributed by atoms with E-state index in [1.54, 1.807) is 0 Å². The Labute approximate surface area is 130 Å². The van der Waals surface area contributed by atoms with Gasteiger partial charge in [-0.25, -0.2) is 15.0 Å². The van der Waals surface area contributed by atoms with Crippen molar-refractivity contribution in [3.63, 3.8) is 0 Å². The molecule has 0 aliphatic rings. The second kappa shape index (κ2) is 5.40. The van der Waals surface area contributed by atoms with Crippen LogP contribution in [0.2, 0.25) is 5.15 Å². The molecule has 0 spiro atoms. The van der Waals surface area contributed by atoms with Crippen molar-refractivity contribution in [3.8, 4) is 11.4 Å². The minimum absolute atomic E-state index is 0.0557. The highest BCUT2D eigenvalue weighted by molar-refractivity contribution is 7.93. The standard InChI is InChI=1S/C12H5ClF4N4S/c13-11-3-8-6(4-18-11)1-9(21(8)22-17)7-2-10(12(14,15)16)20-5-19-7/h1-5H. The van der Waals surface area contributed by atoms with Crippen LogP contribution in [0.3, 0.4) is 0 Å². The molecular formula is C12H5ClF4N4S. The highest BCUT2D eigenvalue weighted by Crippen LogP contribution is 2.34. The van der Waals surface area contributed by atoms with Gasteiger partial charge in [0.1, 0.15) is 17.2 Å². The Kier molecular flexibility index (Phi) is 3.69. The number of fused-ring (bicyclic) bond motifs is 1. The van der Waals surface area contributed by atoms with Crippen LogP contribution in [0.5, 0.6) is 0 Å². The van der Waals surface area contributed by atoms with Crippen LogP contribution >= 0.6 is 23.9 Å². The summed E-state index contributed by atoms with van der Waals surface area (Å²) in [5.41, 5.74) is -0.622. The van der Waals surface area contributed by atoms with Crippen molar-refractivity contribution >= 4 is 34.8 Å². The third-order valence-electron chi connectivity index (χ3n) is 2.90. The highest BCUT2D eigenvalue weighted by atomic mass is 35.5. The number of aromatic nitrogens is 4. The smallest absolute Gasteiger partial charge is 0.254 e. The van der Waals surface area contributed by atoms with E-state index in [4.69, 9.17) is 11.6 Å². The lowest BCUT2D eigenvalue weighted by molar-refractivity contribution is -0.141. The first-order valence-corrected chi connectivity index (χ1v) is 6.81. The molecule has 114 valence electrons. The maximum atomic E-state index is 13.3. The lowest BCUT2D eigenvalue weighted by Crippen LogP contribution is -2.08. The number of halogens is 5. The van der Waals surface area contributed by atoms with Gasteiger partial charge in [-0.1, -0.05) is 11.6 Å². The largest absolute Gasteiger partial charge is 0.433 e. The van der Waals surface area contributed by atoms with E-state index in [0.717, 1.165) is 16.4 Å². The summed E-state index contributed by atoms with van der Waals surface area (Å²) in [5, 5.41) is 0.669. The summed E-state index contributed by atoms with van der Waals surface area (Å²) in [6.45, 7) is 0. The monoisotopic (exact) mass is 348 g/mol. The van der Waals surface area contributed by atoms with Gasteiger partial charge >= 0.3 is 6.18 Å². The molecule has 0 radical (unpaired) electrons. The summed E-state index contributed by atoms with van der Waals surface area (Å²) < 4.78 is 52.5. The highest BCUT2D eigenvalue weighted by Gasteiger charge is 2.33. The summed E-state index contributed by atoms with van der Waals surface area (Å²) in [6, 6.07) is 3.66. The number of nitrogens with zero attached hydrogens (tertiary/aromatic N) is 4. The van der Waals surface area contributed by atoms with Crippen LogP contribution in [-0.4, -0.2) is 18.9 Å². The Hall–Kier alpha value is -1.87. The number of alkyl halides is 3. The number of rotatable bonds is 2. The van der Waals surface area contributed by atoms with Gasteiger partial charge in [0.15, 0.2) is 12.3 Å². The molecule has 22 heavy (non-hydrogen) atoms. The Bertz CT molecular complexity index is 849. The zero-order chi connectivity index (χ0) is 15.9. The molecule has 0 unspecified atom stereocenters. The first-order valence-electron chi connectivity index (χ1n) is 5.76. The zero-order valence-electron chi connectivity index (χ0n) is 10.5. The van der Waals surface area contributed by atoms with Crippen LogP contribution in [0.25, 0.3) is 22.3 Å². The maximum Gasteiger partial charge on any atom is 0.433 e. The number of hydrogen-bond acceptors (Lipinski definition) is 4. The lowest BCUT2D eigenvalue weighted by Gasteiger charge is -2.07. The molecule has 0 saturated heterocycles. The fourth-order valence-electron chi connectivity index (χ4n) is 1.96. The summed E-state index contributed by atoms with van der Waals surface area (Å²) in [5.74, 6) is 0. The molecule has 4 nitrogen and oxygen atoms in total. The summed E-state index contributed by atoms with van der Waals surface area (Å²) >= 11 is 5.59. The van der Waals surface area contributed by atoms with E-state index < -0.39 is 11.9 Å². The molecule has 0 bridgehead atoms. The predicted molar refractivity (Wildman–Crippen MR) is 74.9 cm³/mol. The second-order valence-electron chi connectivity index (χ2n) is 4.25. The second-order valence-corrected chi connectivity index (χ2v) is 5.14. The fraction of sp³-hybridized carbons (Fsp3) is 0.0833. The van der Waals surface area contributed by atoms with Crippen LogP contribution in [0.1, 0.15) is 5.69 Å². The van der Waals surface area contributed by atoms with Crippen molar-refractivity contribution in [1.29, 1.82) is 0 Å². The Balaban J connectivity index is 2.22. The first-order chi connectivity index (χ1) is 10.4. The van der Waals surface area contributed by atoms with Gasteiger partial charge in [-0.15, -0.1) is 3.89 Å². The van der Waals surface area contributed by atoms with Crippen LogP contribution in [-0.2, 0) is 6.18 Å². The van der Waals surface area contributed by atoms with Gasteiger partial charge in [0.2, 0.25) is 0 Å². The molecule has 0 atom stereocenters. The minimum atomic E-state index is -4.61. The van der Waals surface area contributed by atoms with Crippen molar-refractivity contribution in [2.24, 2.45) is 0 Å². The molecule has 10 heteroatoms. The Morgan fingerprint density at radius 3 is 2.55 bits per heavy atom. The van der Waals surface area contributed by atoms with E-state index in [2.05, 4.69) is 15.0 Å². The number of pyridine rings is 1. The van der Waals surface area contributed by atoms with Crippen LogP contribution < -0.4 is 0 Å². The normalized spacial score (nSPS) is 12.0. The molecule has 3 heterocycles. The quantitative estimate of drug-likeness (QED) is 0.503. The van der Waals surface area contributed by atoms with Crippen LogP contribution in [0, 0.1) is 0 Å². The number of hydrogen-bond donors (Lipinski definition) is 0. The molecule has 0 N–H and O–H groups in total. The van der Waals surface area contributed by atoms with Crippen molar-refractivity contribution in [3.05, 3.63) is 41.6 Å². The average Bonchev–Trinajstić information content (AvgIpc) is 2.84. The van der Waals surface area contributed by atoms with Gasteiger partial charge in [-0.3, -0.25) is 3.97 Å². The SMILES string of the molecule is FSn1c(-c2cc(C(F)(F)F)ncn2)cc2cnc(Cl)cc21. The van der Waals surface area contributed by atoms with Crippen molar-refractivity contribution < 1.29 is 17.1 Å². The molecule has 0 aromatic carbocycles. The van der Waals surface area contributed by atoms with Crippen LogP contribution in [0.4, 0.5) is 17.1 Å². The Morgan fingerprint density at radius 1 is 1.09 bits per heavy atom. The molecule has 0 fully saturated rings. The average molecular weight is 349 g/mol. The molecule has 3 rings (SSSR count). The predicted octanol–water partition coefficient (Wildman–Crippen LogP) is 4.55. The molecule has 0 saturated carbocycles. The zero-order valence-corrected chi connectivity index (χ0v) is 12.0. The Morgan fingerprint density at radius 2 is 1.86 bits per heavy atom. The summed E-state index contributed by atoms with van der Waals surface area (Å²) in [6.07, 6.45) is -2.42. The lowest BCUT2D eigenvalue weighted by atomic mass is 10.2. The van der Waals surface area contributed by atoms with Crippen molar-refractivity contribution in [1.82, 2.24) is 18.9 Å². The van der Waals surface area contributed by atoms with E-state index in [-0.39, 0.29) is 28.9 Å². The third kappa shape index (κ3) is 2.61. The van der Waals surface area contributed by atoms with E-state index >= 15 is 0 Å². The maximum absolute atomic E-state index is 13.3. The van der Waals surface area contributed by atoms with Gasteiger partial charge in [0.25, 0.3) is 0 Å². The molecule has 3 aromatic rings. The van der Waals surface area contributed by atoms with E-state index in [1.807, 2.05) is 0 Å². The topological polar surface area (TPSA) is 43.6 Å². The molecular weight excluding hydrogens is 344 g/mol. The van der Waals surface area contributed by atoms with E-state index in [0.29, 0.717) is 10.9 Å². The van der Waals surface area contributed by atoms with Crippen molar-refractivity contribution in [2.75, 3.05) is 0 Å². The molecule has 0 aliphatic carbocycles. The molecule has 0 amide bonds. The van der Waals surface area contributed by atoms with Gasteiger partial charge < -0.3 is 0 Å². The van der Waals surface area contributed by atoms with Gasteiger partial charge in [-0.05, 0) is 12.1 Å². The van der Waals surface area contributed by atoms with E-state index in [9.17, 15) is 17.1 Å². The fourth-order valence-corrected chi connectivity index (χ4v) is 2.56. The van der Waals surface area contributed by atoms with Gasteiger partial charge in [0, 0.05) is 17.6 Å². The van der Waals surface area contributed by atoms with Gasteiger partial charge in [0.05, 0.1) is 16.9 Å². The van der Waals surface area contributed by atoms with Crippen molar-refractivity contribution in [2.45, 2.75) is 6.18 Å². The molecule has 0 aliphatic heterocycles. The summed E-state index contributed by atoms with van der Waals surface area (Å²) in [4.78, 5) is 10.8. The summed E-state index contributed by atoms with van der Waals surface area (Å²) in [7, 11) is 0. The van der Waals surface area contributed by atoms with E-state index in [1.165, 1.54) is 18.3 Å². The first kappa shape index (κ1) is 15.0. The third-order valence-corrected chi connectivity index (χ3v) is 3.64. The van der Waals surface area contributed by atoms with Gasteiger partial charge in [-0.2, -0.15) is 13.2 Å².